The average Bonchev–Trinajstić information content (AvgIpc) is 3.28. The minimum Gasteiger partial charge on any atom is -0.339 e. The van der Waals surface area contributed by atoms with Crippen LogP contribution in [0, 0.1) is 13.8 Å². The molecule has 1 aliphatic heterocycles. The third-order valence-corrected chi connectivity index (χ3v) is 7.72. The zero-order chi connectivity index (χ0) is 23.8. The number of amides is 1. The first-order valence-corrected chi connectivity index (χ1v) is 12.9. The number of benzene rings is 2. The lowest BCUT2D eigenvalue weighted by Crippen LogP contribution is -2.44. The van der Waals surface area contributed by atoms with Crippen molar-refractivity contribution < 1.29 is 4.79 Å². The van der Waals surface area contributed by atoms with Gasteiger partial charge in [0.25, 0.3) is 5.56 Å². The van der Waals surface area contributed by atoms with Gasteiger partial charge in [0.1, 0.15) is 0 Å². The Morgan fingerprint density at radius 3 is 2.59 bits per heavy atom. The number of hydrogen-bond acceptors (Lipinski definition) is 5. The number of para-hydroxylation sites is 2. The van der Waals surface area contributed by atoms with E-state index in [2.05, 4.69) is 17.1 Å². The predicted molar refractivity (Wildman–Crippen MR) is 136 cm³/mol. The lowest BCUT2D eigenvalue weighted by atomic mass is 10.0. The van der Waals surface area contributed by atoms with Gasteiger partial charge in [-0.1, -0.05) is 49.0 Å². The second-order valence-electron chi connectivity index (χ2n) is 8.95. The van der Waals surface area contributed by atoms with E-state index in [9.17, 15) is 9.59 Å². The Hall–Kier alpha value is -3.13. The highest BCUT2D eigenvalue weighted by molar-refractivity contribution is 7.99. The Morgan fingerprint density at radius 1 is 1.06 bits per heavy atom. The van der Waals surface area contributed by atoms with Crippen LogP contribution in [0.15, 0.2) is 52.4 Å². The van der Waals surface area contributed by atoms with Gasteiger partial charge in [-0.3, -0.25) is 14.0 Å². The fraction of sp³-hybridized carbons (Fsp3) is 0.385. The first-order valence-electron chi connectivity index (χ1n) is 11.9. The minimum atomic E-state index is -0.125. The Balaban J connectivity index is 1.61. The van der Waals surface area contributed by atoms with Crippen LogP contribution in [0.4, 0.5) is 0 Å². The van der Waals surface area contributed by atoms with Crippen molar-refractivity contribution >= 4 is 34.3 Å². The van der Waals surface area contributed by atoms with Crippen molar-refractivity contribution in [3.8, 4) is 5.69 Å². The largest absolute Gasteiger partial charge is 0.339 e. The number of thioether (sulfide) groups is 1. The maximum Gasteiger partial charge on any atom is 0.267 e. The van der Waals surface area contributed by atoms with Crippen molar-refractivity contribution in [2.24, 2.45) is 0 Å². The number of nitrogens with zero attached hydrogens (tertiary/aromatic N) is 5. The molecule has 34 heavy (non-hydrogen) atoms. The number of likely N-dealkylation sites (tertiary alicyclic amines) is 1. The van der Waals surface area contributed by atoms with E-state index >= 15 is 0 Å². The number of carbonyl (C=O) groups excluding carboxylic acids is 1. The molecule has 1 amide bonds. The molecule has 0 spiro atoms. The number of aryl methyl sites for hydroxylation is 2. The average molecular weight is 476 g/mol. The van der Waals surface area contributed by atoms with Gasteiger partial charge in [-0.05, 0) is 62.8 Å². The number of hydrogen-bond donors (Lipinski definition) is 0. The van der Waals surface area contributed by atoms with E-state index in [1.807, 2.05) is 65.6 Å². The second kappa shape index (κ2) is 9.25. The van der Waals surface area contributed by atoms with Crippen LogP contribution in [0.3, 0.4) is 0 Å². The summed E-state index contributed by atoms with van der Waals surface area (Å²) < 4.78 is 3.57. The SMILES string of the molecule is CCC1CCCCN1C(=O)CSc1nnc2n(-c3c(C)cccc3C)c(=O)c3ccccc3n12. The summed E-state index contributed by atoms with van der Waals surface area (Å²) in [6.07, 6.45) is 4.31. The van der Waals surface area contributed by atoms with Gasteiger partial charge in [-0.15, -0.1) is 10.2 Å². The van der Waals surface area contributed by atoms with Crippen LogP contribution >= 0.6 is 11.8 Å². The summed E-state index contributed by atoms with van der Waals surface area (Å²) >= 11 is 1.39. The molecule has 1 atom stereocenters. The molecule has 0 bridgehead atoms. The summed E-state index contributed by atoms with van der Waals surface area (Å²) in [7, 11) is 0. The van der Waals surface area contributed by atoms with E-state index in [0.717, 1.165) is 48.1 Å². The Bertz CT molecular complexity index is 1420. The van der Waals surface area contributed by atoms with Crippen LogP contribution in [0.2, 0.25) is 0 Å². The molecule has 0 saturated carbocycles. The third-order valence-electron chi connectivity index (χ3n) is 6.80. The smallest absolute Gasteiger partial charge is 0.267 e. The maximum absolute atomic E-state index is 13.6. The quantitative estimate of drug-likeness (QED) is 0.397. The molecule has 8 heteroatoms. The predicted octanol–water partition coefficient (Wildman–Crippen LogP) is 4.53. The molecule has 0 radical (unpaired) electrons. The highest BCUT2D eigenvalue weighted by Crippen LogP contribution is 2.27. The number of piperidine rings is 1. The Morgan fingerprint density at radius 2 is 1.82 bits per heavy atom. The zero-order valence-electron chi connectivity index (χ0n) is 19.8. The van der Waals surface area contributed by atoms with E-state index in [1.54, 1.807) is 4.57 Å². The second-order valence-corrected chi connectivity index (χ2v) is 9.89. The van der Waals surface area contributed by atoms with E-state index in [-0.39, 0.29) is 11.5 Å². The molecule has 176 valence electrons. The molecule has 2 aromatic carbocycles. The summed E-state index contributed by atoms with van der Waals surface area (Å²) in [6.45, 7) is 6.96. The first kappa shape index (κ1) is 22.7. The number of rotatable bonds is 5. The standard InChI is InChI=1S/C26H29N5O2S/c1-4-19-12-7-8-15-29(19)22(32)16-34-26-28-27-25-30(26)21-14-6-5-13-20(21)24(33)31(25)23-17(2)10-9-11-18(23)3/h5-6,9-11,13-14,19H,4,7-8,12,15-16H2,1-3H3. The molecule has 1 fully saturated rings. The summed E-state index contributed by atoms with van der Waals surface area (Å²) in [5.41, 5.74) is 3.42. The highest BCUT2D eigenvalue weighted by Gasteiger charge is 2.26. The summed E-state index contributed by atoms with van der Waals surface area (Å²) in [6, 6.07) is 13.8. The van der Waals surface area contributed by atoms with Gasteiger partial charge in [0, 0.05) is 12.6 Å². The van der Waals surface area contributed by atoms with Crippen molar-refractivity contribution in [2.45, 2.75) is 57.7 Å². The number of fused-ring (bicyclic) bond motifs is 3. The molecule has 1 aliphatic rings. The summed E-state index contributed by atoms with van der Waals surface area (Å²) in [4.78, 5) is 28.7. The molecule has 1 saturated heterocycles. The van der Waals surface area contributed by atoms with Crippen molar-refractivity contribution in [1.29, 1.82) is 0 Å². The van der Waals surface area contributed by atoms with Crippen molar-refractivity contribution in [3.05, 3.63) is 63.9 Å². The number of carbonyl (C=O) groups is 1. The molecule has 0 N–H and O–H groups in total. The van der Waals surface area contributed by atoms with E-state index in [4.69, 9.17) is 0 Å². The monoisotopic (exact) mass is 475 g/mol. The van der Waals surface area contributed by atoms with Crippen LogP contribution in [0.5, 0.6) is 0 Å². The molecule has 2 aromatic heterocycles. The van der Waals surface area contributed by atoms with E-state index in [0.29, 0.717) is 28.1 Å². The maximum atomic E-state index is 13.6. The van der Waals surface area contributed by atoms with Crippen LogP contribution in [-0.2, 0) is 4.79 Å². The highest BCUT2D eigenvalue weighted by atomic mass is 32.2. The topological polar surface area (TPSA) is 72.5 Å². The van der Waals surface area contributed by atoms with Gasteiger partial charge in [-0.2, -0.15) is 0 Å². The van der Waals surface area contributed by atoms with Crippen molar-refractivity contribution in [1.82, 2.24) is 24.1 Å². The summed E-state index contributed by atoms with van der Waals surface area (Å²) in [5.74, 6) is 0.898. The minimum absolute atomic E-state index is 0.125. The van der Waals surface area contributed by atoms with Gasteiger partial charge >= 0.3 is 0 Å². The zero-order valence-corrected chi connectivity index (χ0v) is 20.6. The fourth-order valence-electron chi connectivity index (χ4n) is 5.09. The lowest BCUT2D eigenvalue weighted by molar-refractivity contribution is -0.132. The third kappa shape index (κ3) is 3.79. The molecule has 0 aliphatic carbocycles. The Kier molecular flexibility index (Phi) is 6.16. The molecule has 3 heterocycles. The molecular formula is C26H29N5O2S. The van der Waals surface area contributed by atoms with Crippen molar-refractivity contribution in [3.63, 3.8) is 0 Å². The van der Waals surface area contributed by atoms with Gasteiger partial charge in [0.05, 0.1) is 22.3 Å². The lowest BCUT2D eigenvalue weighted by Gasteiger charge is -2.35. The molecule has 5 rings (SSSR count). The van der Waals surface area contributed by atoms with E-state index < -0.39 is 0 Å². The van der Waals surface area contributed by atoms with Gasteiger partial charge in [-0.25, -0.2) is 4.57 Å². The normalized spacial score (nSPS) is 16.4. The van der Waals surface area contributed by atoms with Crippen LogP contribution in [0.1, 0.15) is 43.7 Å². The van der Waals surface area contributed by atoms with Crippen LogP contribution < -0.4 is 5.56 Å². The van der Waals surface area contributed by atoms with Crippen LogP contribution in [-0.4, -0.2) is 48.3 Å². The van der Waals surface area contributed by atoms with Gasteiger partial charge in [0.2, 0.25) is 11.7 Å². The molecule has 7 nitrogen and oxygen atoms in total. The number of aromatic nitrogens is 4. The first-order chi connectivity index (χ1) is 16.5. The van der Waals surface area contributed by atoms with Gasteiger partial charge in [0.15, 0.2) is 5.16 Å². The Labute approximate surface area is 202 Å². The molecule has 1 unspecified atom stereocenters. The van der Waals surface area contributed by atoms with Crippen LogP contribution in [0.25, 0.3) is 22.4 Å². The van der Waals surface area contributed by atoms with Gasteiger partial charge < -0.3 is 4.90 Å². The fourth-order valence-corrected chi connectivity index (χ4v) is 5.92. The molecular weight excluding hydrogens is 446 g/mol. The molecule has 4 aromatic rings. The van der Waals surface area contributed by atoms with E-state index in [1.165, 1.54) is 18.2 Å². The summed E-state index contributed by atoms with van der Waals surface area (Å²) in [5, 5.41) is 10.1. The van der Waals surface area contributed by atoms with Crippen molar-refractivity contribution in [2.75, 3.05) is 12.3 Å².